The van der Waals surface area contributed by atoms with Gasteiger partial charge in [-0.05, 0) is 44.0 Å². The number of carbonyl (C=O) groups is 1. The van der Waals surface area contributed by atoms with E-state index in [9.17, 15) is 9.18 Å². The average Bonchev–Trinajstić information content (AvgIpc) is 2.82. The van der Waals surface area contributed by atoms with Crippen LogP contribution in [0, 0.1) is 12.7 Å². The molecule has 0 aliphatic rings. The number of rotatable bonds is 7. The summed E-state index contributed by atoms with van der Waals surface area (Å²) in [6.45, 7) is 3.84. The molecule has 0 spiro atoms. The summed E-state index contributed by atoms with van der Waals surface area (Å²) in [6.07, 6.45) is 0.726. The molecule has 1 heterocycles. The van der Waals surface area contributed by atoms with E-state index in [1.807, 2.05) is 6.92 Å². The molecule has 0 saturated carbocycles. The van der Waals surface area contributed by atoms with Crippen molar-refractivity contribution >= 4 is 17.5 Å². The highest BCUT2D eigenvalue weighted by molar-refractivity contribution is 6.29. The minimum atomic E-state index is -0.361. The van der Waals surface area contributed by atoms with Crippen LogP contribution >= 0.6 is 11.6 Å². The van der Waals surface area contributed by atoms with Crippen LogP contribution in [0.25, 0.3) is 0 Å². The summed E-state index contributed by atoms with van der Waals surface area (Å²) in [5, 5.41) is 6.77. The molecule has 0 aliphatic heterocycles. The van der Waals surface area contributed by atoms with E-state index in [-0.39, 0.29) is 36.0 Å². The molecule has 2 aromatic rings. The van der Waals surface area contributed by atoms with Crippen LogP contribution in [-0.2, 0) is 11.2 Å². The van der Waals surface area contributed by atoms with Gasteiger partial charge in [-0.15, -0.1) is 0 Å². The van der Waals surface area contributed by atoms with Crippen molar-refractivity contribution in [2.45, 2.75) is 32.7 Å². The number of benzene rings is 1. The largest absolute Gasteiger partial charge is 0.491 e. The predicted molar refractivity (Wildman–Crippen MR) is 84.1 cm³/mol. The Morgan fingerprint density at radius 3 is 2.96 bits per heavy atom. The summed E-state index contributed by atoms with van der Waals surface area (Å²) in [4.78, 5) is 11.9. The average molecular weight is 341 g/mol. The standard InChI is InChI=1S/C16H18ClFN2O3/c1-10(9-22-13-5-3-4-12(18)8-13)19-15(21)7-6-14-11(2)20-23-16(14)17/h3-5,8,10H,6-7,9H2,1-2H3,(H,19,21). The van der Waals surface area contributed by atoms with Crippen LogP contribution in [0.5, 0.6) is 5.75 Å². The second-order valence-electron chi connectivity index (χ2n) is 5.26. The van der Waals surface area contributed by atoms with Crippen molar-refractivity contribution in [2.24, 2.45) is 0 Å². The van der Waals surface area contributed by atoms with Crippen molar-refractivity contribution in [3.05, 3.63) is 46.6 Å². The third-order valence-corrected chi connectivity index (χ3v) is 3.54. The zero-order valence-electron chi connectivity index (χ0n) is 12.9. The summed E-state index contributed by atoms with van der Waals surface area (Å²) < 4.78 is 23.3. The summed E-state index contributed by atoms with van der Waals surface area (Å²) in [7, 11) is 0. The molecule has 7 heteroatoms. The number of aromatic nitrogens is 1. The molecule has 124 valence electrons. The number of ether oxygens (including phenoxy) is 1. The topological polar surface area (TPSA) is 64.4 Å². The number of nitrogens with one attached hydrogen (secondary N) is 1. The third-order valence-electron chi connectivity index (χ3n) is 3.24. The summed E-state index contributed by atoms with van der Waals surface area (Å²) >= 11 is 5.85. The summed E-state index contributed by atoms with van der Waals surface area (Å²) in [5.74, 6) is -0.0601. The molecule has 0 bridgehead atoms. The third kappa shape index (κ3) is 5.25. The van der Waals surface area contributed by atoms with Gasteiger partial charge in [0.25, 0.3) is 0 Å². The first kappa shape index (κ1) is 17.3. The number of carbonyl (C=O) groups excluding carboxylic acids is 1. The Kier molecular flexibility index (Phi) is 5.98. The normalized spacial score (nSPS) is 12.0. The molecule has 0 aliphatic carbocycles. The Balaban J connectivity index is 1.74. The Labute approximate surface area is 138 Å². The molecule has 5 nitrogen and oxygen atoms in total. The van der Waals surface area contributed by atoms with Gasteiger partial charge in [-0.3, -0.25) is 4.79 Å². The molecule has 0 radical (unpaired) electrons. The molecule has 1 amide bonds. The van der Waals surface area contributed by atoms with Crippen molar-refractivity contribution in [3.8, 4) is 5.75 Å². The minimum absolute atomic E-state index is 0.128. The second kappa shape index (κ2) is 7.97. The van der Waals surface area contributed by atoms with Crippen LogP contribution < -0.4 is 10.1 Å². The number of aryl methyl sites for hydroxylation is 1. The highest BCUT2D eigenvalue weighted by Gasteiger charge is 2.14. The first-order chi connectivity index (χ1) is 11.0. The van der Waals surface area contributed by atoms with Gasteiger partial charge in [0, 0.05) is 18.1 Å². The Bertz CT molecular complexity index is 656. The molecule has 0 fully saturated rings. The van der Waals surface area contributed by atoms with Crippen molar-refractivity contribution in [1.29, 1.82) is 0 Å². The molecular formula is C16H18ClFN2O3. The lowest BCUT2D eigenvalue weighted by atomic mass is 10.1. The minimum Gasteiger partial charge on any atom is -0.491 e. The number of halogens is 2. The van der Waals surface area contributed by atoms with Crippen LogP contribution in [0.1, 0.15) is 24.6 Å². The highest BCUT2D eigenvalue weighted by Crippen LogP contribution is 2.20. The summed E-state index contributed by atoms with van der Waals surface area (Å²) in [6, 6.07) is 5.67. The van der Waals surface area contributed by atoms with Gasteiger partial charge in [-0.2, -0.15) is 0 Å². The van der Waals surface area contributed by atoms with E-state index in [0.29, 0.717) is 17.9 Å². The molecule has 0 saturated heterocycles. The van der Waals surface area contributed by atoms with E-state index >= 15 is 0 Å². The molecule has 1 aromatic carbocycles. The maximum Gasteiger partial charge on any atom is 0.229 e. The highest BCUT2D eigenvalue weighted by atomic mass is 35.5. The SMILES string of the molecule is Cc1noc(Cl)c1CCC(=O)NC(C)COc1cccc(F)c1. The zero-order valence-corrected chi connectivity index (χ0v) is 13.7. The van der Waals surface area contributed by atoms with E-state index in [1.165, 1.54) is 12.1 Å². The quantitative estimate of drug-likeness (QED) is 0.840. The monoisotopic (exact) mass is 340 g/mol. The van der Waals surface area contributed by atoms with Crippen LogP contribution in [0.15, 0.2) is 28.8 Å². The van der Waals surface area contributed by atoms with E-state index in [0.717, 1.165) is 5.56 Å². The molecule has 1 atom stereocenters. The Morgan fingerprint density at radius 1 is 1.52 bits per heavy atom. The maximum atomic E-state index is 13.0. The van der Waals surface area contributed by atoms with Gasteiger partial charge in [-0.25, -0.2) is 4.39 Å². The lowest BCUT2D eigenvalue weighted by Crippen LogP contribution is -2.36. The fourth-order valence-corrected chi connectivity index (χ4v) is 2.31. The first-order valence-electron chi connectivity index (χ1n) is 7.24. The maximum absolute atomic E-state index is 13.0. The van der Waals surface area contributed by atoms with Crippen LogP contribution in [0.2, 0.25) is 5.22 Å². The molecule has 1 unspecified atom stereocenters. The van der Waals surface area contributed by atoms with Gasteiger partial charge in [0.05, 0.1) is 11.7 Å². The Hall–Kier alpha value is -2.08. The van der Waals surface area contributed by atoms with Gasteiger partial charge >= 0.3 is 0 Å². The molecule has 2 rings (SSSR count). The number of hydrogen-bond acceptors (Lipinski definition) is 4. The van der Waals surface area contributed by atoms with Gasteiger partial charge in [0.15, 0.2) is 0 Å². The summed E-state index contributed by atoms with van der Waals surface area (Å²) in [5.41, 5.74) is 1.43. The zero-order chi connectivity index (χ0) is 16.8. The number of hydrogen-bond donors (Lipinski definition) is 1. The first-order valence-corrected chi connectivity index (χ1v) is 7.62. The lowest BCUT2D eigenvalue weighted by Gasteiger charge is -2.15. The molecule has 1 N–H and O–H groups in total. The van der Waals surface area contributed by atoms with E-state index in [1.54, 1.807) is 19.1 Å². The van der Waals surface area contributed by atoms with Gasteiger partial charge in [0.1, 0.15) is 18.2 Å². The van der Waals surface area contributed by atoms with Gasteiger partial charge in [0.2, 0.25) is 11.1 Å². The fourth-order valence-electron chi connectivity index (χ4n) is 2.05. The molecule has 1 aromatic heterocycles. The molecular weight excluding hydrogens is 323 g/mol. The van der Waals surface area contributed by atoms with Crippen molar-refractivity contribution in [1.82, 2.24) is 10.5 Å². The molecule has 23 heavy (non-hydrogen) atoms. The fraction of sp³-hybridized carbons (Fsp3) is 0.375. The number of amides is 1. The van der Waals surface area contributed by atoms with E-state index in [4.69, 9.17) is 20.9 Å². The van der Waals surface area contributed by atoms with Crippen LogP contribution in [0.3, 0.4) is 0 Å². The van der Waals surface area contributed by atoms with Gasteiger partial charge < -0.3 is 14.6 Å². The lowest BCUT2D eigenvalue weighted by molar-refractivity contribution is -0.121. The van der Waals surface area contributed by atoms with Crippen LogP contribution in [0.4, 0.5) is 4.39 Å². The Morgan fingerprint density at radius 2 is 2.30 bits per heavy atom. The number of nitrogens with zero attached hydrogens (tertiary/aromatic N) is 1. The van der Waals surface area contributed by atoms with Gasteiger partial charge in [-0.1, -0.05) is 11.2 Å². The smallest absolute Gasteiger partial charge is 0.229 e. The van der Waals surface area contributed by atoms with Crippen molar-refractivity contribution < 1.29 is 18.4 Å². The van der Waals surface area contributed by atoms with Crippen molar-refractivity contribution in [3.63, 3.8) is 0 Å². The van der Waals surface area contributed by atoms with Crippen LogP contribution in [-0.4, -0.2) is 23.7 Å². The van der Waals surface area contributed by atoms with E-state index < -0.39 is 0 Å². The van der Waals surface area contributed by atoms with E-state index in [2.05, 4.69) is 10.5 Å². The second-order valence-corrected chi connectivity index (χ2v) is 5.60. The predicted octanol–water partition coefficient (Wildman–Crippen LogP) is 3.29. The van der Waals surface area contributed by atoms with Crippen molar-refractivity contribution in [2.75, 3.05) is 6.61 Å².